The van der Waals surface area contributed by atoms with E-state index in [-0.39, 0.29) is 6.61 Å². The topological polar surface area (TPSA) is 74.9 Å². The van der Waals surface area contributed by atoms with E-state index in [1.807, 2.05) is 36.5 Å². The number of benzene rings is 1. The van der Waals surface area contributed by atoms with Gasteiger partial charge in [0, 0.05) is 6.20 Å². The fourth-order valence-corrected chi connectivity index (χ4v) is 2.36. The van der Waals surface area contributed by atoms with Gasteiger partial charge in [-0.05, 0) is 17.5 Å². The van der Waals surface area contributed by atoms with Crippen molar-refractivity contribution in [3.05, 3.63) is 36.5 Å². The lowest BCUT2D eigenvalue weighted by Crippen LogP contribution is -2.50. The van der Waals surface area contributed by atoms with E-state index in [9.17, 15) is 15.3 Å². The second-order valence-electron chi connectivity index (χ2n) is 4.55. The Hall–Kier alpha value is -1.40. The number of aliphatic hydroxyl groups is 3. The lowest BCUT2D eigenvalue weighted by Gasteiger charge is -2.36. The van der Waals surface area contributed by atoms with Crippen molar-refractivity contribution in [1.29, 1.82) is 0 Å². The smallest absolute Gasteiger partial charge is 0.162 e. The van der Waals surface area contributed by atoms with Gasteiger partial charge in [0.2, 0.25) is 0 Å². The fraction of sp³-hybridized carbons (Fsp3) is 0.385. The van der Waals surface area contributed by atoms with E-state index in [2.05, 4.69) is 0 Å². The molecule has 18 heavy (non-hydrogen) atoms. The van der Waals surface area contributed by atoms with Crippen molar-refractivity contribution in [3.63, 3.8) is 0 Å². The van der Waals surface area contributed by atoms with E-state index in [4.69, 9.17) is 4.74 Å². The van der Waals surface area contributed by atoms with Crippen molar-refractivity contribution in [2.75, 3.05) is 6.61 Å². The SMILES string of the molecule is O[C@H]1[C@H](O)[C@@H](n2ccc3ccccc32)OC[C@H]1O. The van der Waals surface area contributed by atoms with Crippen molar-refractivity contribution < 1.29 is 20.1 Å². The van der Waals surface area contributed by atoms with Crippen LogP contribution < -0.4 is 0 Å². The maximum absolute atomic E-state index is 9.98. The largest absolute Gasteiger partial charge is 0.388 e. The molecule has 5 nitrogen and oxygen atoms in total. The highest BCUT2D eigenvalue weighted by Gasteiger charge is 2.38. The zero-order chi connectivity index (χ0) is 12.7. The number of hydrogen-bond acceptors (Lipinski definition) is 4. The maximum Gasteiger partial charge on any atom is 0.162 e. The summed E-state index contributed by atoms with van der Waals surface area (Å²) in [6, 6.07) is 9.64. The molecule has 2 heterocycles. The Morgan fingerprint density at radius 1 is 1.06 bits per heavy atom. The third-order valence-corrected chi connectivity index (χ3v) is 3.38. The molecule has 1 aromatic carbocycles. The minimum Gasteiger partial charge on any atom is -0.388 e. The van der Waals surface area contributed by atoms with Crippen LogP contribution in [0.2, 0.25) is 0 Å². The van der Waals surface area contributed by atoms with Crippen LogP contribution in [-0.4, -0.2) is 44.8 Å². The number of aliphatic hydroxyl groups excluding tert-OH is 3. The van der Waals surface area contributed by atoms with Gasteiger partial charge >= 0.3 is 0 Å². The van der Waals surface area contributed by atoms with Crippen LogP contribution in [-0.2, 0) is 4.74 Å². The average molecular weight is 249 g/mol. The minimum atomic E-state index is -1.19. The number of nitrogens with zero attached hydrogens (tertiary/aromatic N) is 1. The Bertz CT molecular complexity index is 553. The summed E-state index contributed by atoms with van der Waals surface area (Å²) < 4.78 is 7.20. The molecule has 3 rings (SSSR count). The molecule has 4 atom stereocenters. The minimum absolute atomic E-state index is 0.00933. The van der Waals surface area contributed by atoms with Gasteiger partial charge in [-0.3, -0.25) is 0 Å². The molecule has 0 saturated carbocycles. The van der Waals surface area contributed by atoms with Crippen LogP contribution in [0.1, 0.15) is 6.23 Å². The molecule has 5 heteroatoms. The van der Waals surface area contributed by atoms with Crippen LogP contribution >= 0.6 is 0 Å². The monoisotopic (exact) mass is 249 g/mol. The molecule has 1 aliphatic rings. The van der Waals surface area contributed by atoms with E-state index in [0.29, 0.717) is 0 Å². The van der Waals surface area contributed by atoms with Crippen LogP contribution in [0.15, 0.2) is 36.5 Å². The van der Waals surface area contributed by atoms with Crippen LogP contribution in [0.4, 0.5) is 0 Å². The van der Waals surface area contributed by atoms with Crippen molar-refractivity contribution in [3.8, 4) is 0 Å². The number of fused-ring (bicyclic) bond motifs is 1. The number of para-hydroxylation sites is 1. The van der Waals surface area contributed by atoms with E-state index >= 15 is 0 Å². The highest BCUT2D eigenvalue weighted by Crippen LogP contribution is 2.28. The lowest BCUT2D eigenvalue weighted by atomic mass is 10.0. The second-order valence-corrected chi connectivity index (χ2v) is 4.55. The average Bonchev–Trinajstić information content (AvgIpc) is 2.80. The Kier molecular flexibility index (Phi) is 2.83. The van der Waals surface area contributed by atoms with Gasteiger partial charge in [0.15, 0.2) is 6.23 Å². The molecule has 0 aliphatic carbocycles. The maximum atomic E-state index is 9.98. The first-order valence-corrected chi connectivity index (χ1v) is 5.90. The summed E-state index contributed by atoms with van der Waals surface area (Å²) >= 11 is 0. The third-order valence-electron chi connectivity index (χ3n) is 3.38. The van der Waals surface area contributed by atoms with Crippen molar-refractivity contribution in [2.45, 2.75) is 24.5 Å². The zero-order valence-electron chi connectivity index (χ0n) is 9.68. The van der Waals surface area contributed by atoms with E-state index in [1.54, 1.807) is 4.57 Å². The second kappa shape index (κ2) is 4.37. The van der Waals surface area contributed by atoms with E-state index < -0.39 is 24.5 Å². The normalized spacial score (nSPS) is 32.8. The number of aromatic nitrogens is 1. The van der Waals surface area contributed by atoms with Crippen LogP contribution in [0.5, 0.6) is 0 Å². The quantitative estimate of drug-likeness (QED) is 0.677. The molecule has 0 bridgehead atoms. The first-order valence-electron chi connectivity index (χ1n) is 5.90. The predicted molar refractivity (Wildman–Crippen MR) is 64.9 cm³/mol. The highest BCUT2D eigenvalue weighted by atomic mass is 16.5. The van der Waals surface area contributed by atoms with Gasteiger partial charge in [-0.25, -0.2) is 0 Å². The Labute approximate surface area is 104 Å². The lowest BCUT2D eigenvalue weighted by molar-refractivity contribution is -0.209. The summed E-state index contributed by atoms with van der Waals surface area (Å²) in [5.74, 6) is 0. The molecule has 0 amide bonds. The number of ether oxygens (including phenoxy) is 1. The molecule has 2 aromatic rings. The first kappa shape index (κ1) is 11.7. The molecule has 0 spiro atoms. The van der Waals surface area contributed by atoms with Gasteiger partial charge in [-0.1, -0.05) is 18.2 Å². The molecule has 1 saturated heterocycles. The molecule has 1 aliphatic heterocycles. The van der Waals surface area contributed by atoms with E-state index in [0.717, 1.165) is 10.9 Å². The fourth-order valence-electron chi connectivity index (χ4n) is 2.36. The van der Waals surface area contributed by atoms with Gasteiger partial charge in [0.25, 0.3) is 0 Å². The van der Waals surface area contributed by atoms with Crippen LogP contribution in [0.3, 0.4) is 0 Å². The number of hydrogen-bond donors (Lipinski definition) is 3. The highest BCUT2D eigenvalue weighted by molar-refractivity contribution is 5.80. The summed E-state index contributed by atoms with van der Waals surface area (Å²) in [6.45, 7) is 0.00933. The summed E-state index contributed by atoms with van der Waals surface area (Å²) in [4.78, 5) is 0. The Balaban J connectivity index is 1.99. The Morgan fingerprint density at radius 3 is 2.67 bits per heavy atom. The van der Waals surface area contributed by atoms with Crippen LogP contribution in [0.25, 0.3) is 10.9 Å². The molecule has 1 fully saturated rings. The van der Waals surface area contributed by atoms with Crippen LogP contribution in [0, 0.1) is 0 Å². The molecule has 0 unspecified atom stereocenters. The van der Waals surface area contributed by atoms with E-state index in [1.165, 1.54) is 0 Å². The zero-order valence-corrected chi connectivity index (χ0v) is 9.68. The molecule has 96 valence electrons. The van der Waals surface area contributed by atoms with Crippen molar-refractivity contribution in [2.24, 2.45) is 0 Å². The molecule has 1 aromatic heterocycles. The molecule has 0 radical (unpaired) electrons. The number of rotatable bonds is 1. The van der Waals surface area contributed by atoms with Crippen molar-refractivity contribution in [1.82, 2.24) is 4.57 Å². The summed E-state index contributed by atoms with van der Waals surface area (Å²) in [5, 5.41) is 30.1. The third kappa shape index (κ3) is 1.72. The van der Waals surface area contributed by atoms with Gasteiger partial charge < -0.3 is 24.6 Å². The van der Waals surface area contributed by atoms with Gasteiger partial charge in [0.05, 0.1) is 12.1 Å². The van der Waals surface area contributed by atoms with Gasteiger partial charge in [0.1, 0.15) is 18.3 Å². The molecular formula is C13H15NO4. The Morgan fingerprint density at radius 2 is 1.83 bits per heavy atom. The summed E-state index contributed by atoms with van der Waals surface area (Å²) in [6.07, 6.45) is -2.25. The summed E-state index contributed by atoms with van der Waals surface area (Å²) in [7, 11) is 0. The van der Waals surface area contributed by atoms with Gasteiger partial charge in [-0.15, -0.1) is 0 Å². The van der Waals surface area contributed by atoms with Crippen molar-refractivity contribution >= 4 is 10.9 Å². The molecular weight excluding hydrogens is 234 g/mol. The summed E-state index contributed by atoms with van der Waals surface area (Å²) in [5.41, 5.74) is 0.921. The standard InChI is InChI=1S/C13H15NO4/c15-10-7-18-13(12(17)11(10)16)14-6-5-8-3-1-2-4-9(8)14/h1-6,10-13,15-17H,7H2/t10-,11-,12+,13+/m1/s1. The van der Waals surface area contributed by atoms with Gasteiger partial charge in [-0.2, -0.15) is 0 Å². The molecule has 3 N–H and O–H groups in total. The predicted octanol–water partition coefficient (Wildman–Crippen LogP) is 0.253. The first-order chi connectivity index (χ1) is 8.68.